The summed E-state index contributed by atoms with van der Waals surface area (Å²) in [6, 6.07) is 7.63. The van der Waals surface area contributed by atoms with E-state index >= 15 is 0 Å². The molecule has 4 nitrogen and oxygen atoms in total. The highest BCUT2D eigenvalue weighted by molar-refractivity contribution is 5.92. The van der Waals surface area contributed by atoms with Crippen LogP contribution in [0.5, 0.6) is 5.75 Å². The Morgan fingerprint density at radius 2 is 2.18 bits per heavy atom. The summed E-state index contributed by atoms with van der Waals surface area (Å²) in [6.07, 6.45) is 8.53. The second-order valence-corrected chi connectivity index (χ2v) is 5.91. The quantitative estimate of drug-likeness (QED) is 0.759. The van der Waals surface area contributed by atoms with Crippen molar-refractivity contribution in [2.75, 3.05) is 19.0 Å². The number of hydrogen-bond donors (Lipinski definition) is 2. The third kappa shape index (κ3) is 5.19. The van der Waals surface area contributed by atoms with Gasteiger partial charge in [0.05, 0.1) is 12.8 Å². The normalized spacial score (nSPS) is 18.7. The number of carbonyl (C=O) groups is 1. The molecule has 0 unspecified atom stereocenters. The molecule has 4 heteroatoms. The number of para-hydroxylation sites is 2. The second kappa shape index (κ2) is 8.59. The van der Waals surface area contributed by atoms with Crippen molar-refractivity contribution in [3.05, 3.63) is 36.4 Å². The molecule has 0 aliphatic heterocycles. The van der Waals surface area contributed by atoms with Crippen molar-refractivity contribution < 1.29 is 9.53 Å². The lowest BCUT2D eigenvalue weighted by atomic mass is 9.94. The van der Waals surface area contributed by atoms with Crippen LogP contribution >= 0.6 is 0 Å². The van der Waals surface area contributed by atoms with Crippen LogP contribution in [0.4, 0.5) is 5.69 Å². The molecular formula is C18H26N2O2. The fourth-order valence-corrected chi connectivity index (χ4v) is 2.71. The Morgan fingerprint density at radius 3 is 2.91 bits per heavy atom. The summed E-state index contributed by atoms with van der Waals surface area (Å²) in [5.41, 5.74) is 0.722. The Morgan fingerprint density at radius 1 is 1.36 bits per heavy atom. The molecule has 1 aliphatic carbocycles. The molecule has 0 bridgehead atoms. The minimum absolute atomic E-state index is 0.00744. The fourth-order valence-electron chi connectivity index (χ4n) is 2.71. The highest BCUT2D eigenvalue weighted by Gasteiger charge is 2.14. The number of amides is 1. The largest absolute Gasteiger partial charge is 0.495 e. The van der Waals surface area contributed by atoms with Crippen molar-refractivity contribution in [3.63, 3.8) is 0 Å². The van der Waals surface area contributed by atoms with Crippen LogP contribution in [0.25, 0.3) is 0 Å². The van der Waals surface area contributed by atoms with Crippen LogP contribution in [-0.2, 0) is 4.79 Å². The zero-order valence-corrected chi connectivity index (χ0v) is 13.5. The average Bonchev–Trinajstić information content (AvgIpc) is 2.54. The van der Waals surface area contributed by atoms with E-state index in [0.717, 1.165) is 18.7 Å². The molecule has 0 radical (unpaired) electrons. The van der Waals surface area contributed by atoms with Gasteiger partial charge in [0.2, 0.25) is 5.91 Å². The monoisotopic (exact) mass is 302 g/mol. The summed E-state index contributed by atoms with van der Waals surface area (Å²) in [5, 5.41) is 6.39. The van der Waals surface area contributed by atoms with Crippen LogP contribution in [-0.4, -0.2) is 25.6 Å². The standard InChI is InChI=1S/C18H26N2O2/c1-14(19-13-15-8-4-3-5-9-15)12-18(21)20-16-10-6-7-11-17(16)22-2/h3-4,6-7,10-11,14-15,19H,5,8-9,12-13H2,1-2H3,(H,20,21)/t14-,15-/m1/s1. The zero-order valence-electron chi connectivity index (χ0n) is 13.5. The topological polar surface area (TPSA) is 50.4 Å². The minimum Gasteiger partial charge on any atom is -0.495 e. The Hall–Kier alpha value is -1.81. The van der Waals surface area contributed by atoms with Crippen LogP contribution in [0.2, 0.25) is 0 Å². The van der Waals surface area contributed by atoms with Crippen molar-refractivity contribution in [1.29, 1.82) is 0 Å². The molecule has 0 fully saturated rings. The number of ether oxygens (including phenoxy) is 1. The summed E-state index contributed by atoms with van der Waals surface area (Å²) >= 11 is 0. The van der Waals surface area contributed by atoms with Crippen LogP contribution in [0.15, 0.2) is 36.4 Å². The highest BCUT2D eigenvalue weighted by Crippen LogP contribution is 2.23. The van der Waals surface area contributed by atoms with Gasteiger partial charge in [-0.2, -0.15) is 0 Å². The fraction of sp³-hybridized carbons (Fsp3) is 0.500. The Bertz CT molecular complexity index is 514. The first-order valence-electron chi connectivity index (χ1n) is 8.00. The highest BCUT2D eigenvalue weighted by atomic mass is 16.5. The SMILES string of the molecule is COc1ccccc1NC(=O)C[C@@H](C)NC[C@@H]1CC=CCC1. The summed E-state index contributed by atoms with van der Waals surface area (Å²) in [6.45, 7) is 3.04. The zero-order chi connectivity index (χ0) is 15.8. The van der Waals surface area contributed by atoms with Gasteiger partial charge in [0.25, 0.3) is 0 Å². The van der Waals surface area contributed by atoms with Crippen molar-refractivity contribution in [1.82, 2.24) is 5.32 Å². The second-order valence-electron chi connectivity index (χ2n) is 5.91. The van der Waals surface area contributed by atoms with E-state index in [-0.39, 0.29) is 11.9 Å². The number of carbonyl (C=O) groups excluding carboxylic acids is 1. The smallest absolute Gasteiger partial charge is 0.226 e. The first-order valence-corrected chi connectivity index (χ1v) is 8.00. The number of anilines is 1. The predicted molar refractivity (Wildman–Crippen MR) is 90.2 cm³/mol. The van der Waals surface area contributed by atoms with Crippen LogP contribution in [0.3, 0.4) is 0 Å². The number of nitrogens with one attached hydrogen (secondary N) is 2. The third-order valence-electron chi connectivity index (χ3n) is 4.01. The van der Waals surface area contributed by atoms with E-state index in [1.807, 2.05) is 24.3 Å². The number of hydrogen-bond acceptors (Lipinski definition) is 3. The molecule has 1 aromatic carbocycles. The molecule has 0 aromatic heterocycles. The molecule has 0 saturated carbocycles. The van der Waals surface area contributed by atoms with Crippen LogP contribution < -0.4 is 15.4 Å². The first-order chi connectivity index (χ1) is 10.7. The first kappa shape index (κ1) is 16.6. The molecule has 0 heterocycles. The molecule has 120 valence electrons. The summed E-state index contributed by atoms with van der Waals surface area (Å²) in [5.74, 6) is 1.39. The maximum absolute atomic E-state index is 12.1. The number of rotatable bonds is 7. The molecule has 1 amide bonds. The van der Waals surface area contributed by atoms with Crippen LogP contribution in [0.1, 0.15) is 32.6 Å². The number of benzene rings is 1. The Kier molecular flexibility index (Phi) is 6.46. The van der Waals surface area contributed by atoms with Gasteiger partial charge in [-0.25, -0.2) is 0 Å². The predicted octanol–water partition coefficient (Wildman–Crippen LogP) is 3.36. The Balaban J connectivity index is 1.75. The van der Waals surface area contributed by atoms with Gasteiger partial charge in [-0.3, -0.25) is 4.79 Å². The van der Waals surface area contributed by atoms with Gasteiger partial charge >= 0.3 is 0 Å². The van der Waals surface area contributed by atoms with E-state index < -0.39 is 0 Å². The Labute approximate surface area is 132 Å². The van der Waals surface area contributed by atoms with E-state index in [4.69, 9.17) is 4.74 Å². The maximum atomic E-state index is 12.1. The van der Waals surface area contributed by atoms with Gasteiger partial charge in [0.15, 0.2) is 0 Å². The lowest BCUT2D eigenvalue weighted by Gasteiger charge is -2.21. The average molecular weight is 302 g/mol. The van der Waals surface area contributed by atoms with Crippen LogP contribution in [0, 0.1) is 5.92 Å². The van der Waals surface area contributed by atoms with Gasteiger partial charge < -0.3 is 15.4 Å². The maximum Gasteiger partial charge on any atom is 0.226 e. The van der Waals surface area contributed by atoms with Gasteiger partial charge in [0, 0.05) is 12.5 Å². The van der Waals surface area contributed by atoms with E-state index in [9.17, 15) is 4.79 Å². The molecule has 1 aliphatic rings. The third-order valence-corrected chi connectivity index (χ3v) is 4.01. The molecule has 2 rings (SSSR count). The minimum atomic E-state index is 0.00744. The van der Waals surface area contributed by atoms with Crippen molar-refractivity contribution >= 4 is 11.6 Å². The lowest BCUT2D eigenvalue weighted by Crippen LogP contribution is -2.34. The molecular weight excluding hydrogens is 276 g/mol. The van der Waals surface area contributed by atoms with Gasteiger partial charge in [-0.1, -0.05) is 24.3 Å². The van der Waals surface area contributed by atoms with Crippen molar-refractivity contribution in [2.45, 2.75) is 38.6 Å². The van der Waals surface area contributed by atoms with E-state index in [1.54, 1.807) is 7.11 Å². The molecule has 0 spiro atoms. The molecule has 2 atom stereocenters. The number of methoxy groups -OCH3 is 1. The molecule has 2 N–H and O–H groups in total. The molecule has 1 aromatic rings. The van der Waals surface area contributed by atoms with E-state index in [2.05, 4.69) is 29.7 Å². The summed E-state index contributed by atoms with van der Waals surface area (Å²) in [7, 11) is 1.60. The number of allylic oxidation sites excluding steroid dienone is 2. The van der Waals surface area contributed by atoms with Crippen molar-refractivity contribution in [3.8, 4) is 5.75 Å². The van der Waals surface area contributed by atoms with E-state index in [1.165, 1.54) is 12.8 Å². The molecule has 22 heavy (non-hydrogen) atoms. The summed E-state index contributed by atoms with van der Waals surface area (Å²) in [4.78, 5) is 12.1. The lowest BCUT2D eigenvalue weighted by molar-refractivity contribution is -0.116. The van der Waals surface area contributed by atoms with Gasteiger partial charge in [-0.05, 0) is 50.8 Å². The van der Waals surface area contributed by atoms with Gasteiger partial charge in [0.1, 0.15) is 5.75 Å². The summed E-state index contributed by atoms with van der Waals surface area (Å²) < 4.78 is 5.24. The van der Waals surface area contributed by atoms with E-state index in [0.29, 0.717) is 18.1 Å². The van der Waals surface area contributed by atoms with Crippen molar-refractivity contribution in [2.24, 2.45) is 5.92 Å². The van der Waals surface area contributed by atoms with Gasteiger partial charge in [-0.15, -0.1) is 0 Å². The molecule has 0 saturated heterocycles.